The minimum absolute atomic E-state index is 1.22. The summed E-state index contributed by atoms with van der Waals surface area (Å²) in [6.45, 7) is 6.76. The van der Waals surface area contributed by atoms with Crippen LogP contribution in [0.15, 0.2) is 30.3 Å². The predicted molar refractivity (Wildman–Crippen MR) is 76.7 cm³/mol. The van der Waals surface area contributed by atoms with E-state index in [-0.39, 0.29) is 0 Å². The minimum atomic E-state index is 1.22. The van der Waals surface area contributed by atoms with E-state index in [0.29, 0.717) is 0 Å². The van der Waals surface area contributed by atoms with Crippen molar-refractivity contribution in [3.63, 3.8) is 0 Å². The van der Waals surface area contributed by atoms with Gasteiger partial charge in [-0.1, -0.05) is 50.1 Å². The van der Waals surface area contributed by atoms with Gasteiger partial charge in [-0.15, -0.1) is 0 Å². The summed E-state index contributed by atoms with van der Waals surface area (Å²) in [5, 5.41) is 2.84. The van der Waals surface area contributed by atoms with Crippen molar-refractivity contribution in [1.29, 1.82) is 0 Å². The van der Waals surface area contributed by atoms with E-state index in [1.807, 2.05) is 0 Å². The van der Waals surface area contributed by atoms with Gasteiger partial charge in [0.05, 0.1) is 0 Å². The highest BCUT2D eigenvalue weighted by Gasteiger charge is 2.06. The lowest BCUT2D eigenvalue weighted by molar-refractivity contribution is 0.717. The zero-order chi connectivity index (χ0) is 12.3. The molecule has 0 aromatic heterocycles. The van der Waals surface area contributed by atoms with Gasteiger partial charge in [-0.2, -0.15) is 0 Å². The molecule has 0 fully saturated rings. The molecule has 0 atom stereocenters. The molecule has 0 amide bonds. The average Bonchev–Trinajstić information content (AvgIpc) is 2.34. The van der Waals surface area contributed by atoms with Gasteiger partial charge in [0.1, 0.15) is 0 Å². The Morgan fingerprint density at radius 2 is 1.76 bits per heavy atom. The van der Waals surface area contributed by atoms with Crippen molar-refractivity contribution in [2.45, 2.75) is 46.5 Å². The molecule has 0 radical (unpaired) electrons. The Morgan fingerprint density at radius 1 is 1.00 bits per heavy atom. The van der Waals surface area contributed by atoms with Gasteiger partial charge >= 0.3 is 0 Å². The highest BCUT2D eigenvalue weighted by atomic mass is 14.1. The number of unbranched alkanes of at least 4 members (excludes halogenated alkanes) is 2. The Balaban J connectivity index is 2.46. The van der Waals surface area contributed by atoms with E-state index >= 15 is 0 Å². The van der Waals surface area contributed by atoms with Gasteiger partial charge in [-0.05, 0) is 54.2 Å². The molecule has 0 saturated carbocycles. The topological polar surface area (TPSA) is 0 Å². The van der Waals surface area contributed by atoms with Crippen molar-refractivity contribution in [2.75, 3.05) is 0 Å². The normalized spacial score (nSPS) is 11.0. The zero-order valence-corrected chi connectivity index (χ0v) is 11.2. The smallest absolute Gasteiger partial charge is 0.0149 e. The molecule has 0 bridgehead atoms. The van der Waals surface area contributed by atoms with Crippen LogP contribution in [-0.4, -0.2) is 0 Å². The predicted octanol–water partition coefficient (Wildman–Crippen LogP) is 5.19. The first-order valence-electron chi connectivity index (χ1n) is 6.72. The maximum Gasteiger partial charge on any atom is -0.0149 e. The Bertz CT molecular complexity index is 509. The second-order valence-electron chi connectivity index (χ2n) is 4.98. The van der Waals surface area contributed by atoms with Gasteiger partial charge in [0.15, 0.2) is 0 Å². The molecule has 2 aromatic carbocycles. The number of hydrogen-bond acceptors (Lipinski definition) is 0. The van der Waals surface area contributed by atoms with Gasteiger partial charge in [-0.25, -0.2) is 0 Å². The molecule has 0 aliphatic carbocycles. The van der Waals surface area contributed by atoms with Crippen LogP contribution in [0.4, 0.5) is 0 Å². The third-order valence-corrected chi connectivity index (χ3v) is 3.73. The van der Waals surface area contributed by atoms with E-state index in [1.165, 1.54) is 47.6 Å². The van der Waals surface area contributed by atoms with Crippen LogP contribution in [0.1, 0.15) is 42.9 Å². The third kappa shape index (κ3) is 2.52. The monoisotopic (exact) mass is 226 g/mol. The van der Waals surface area contributed by atoms with Gasteiger partial charge in [0, 0.05) is 0 Å². The number of hydrogen-bond donors (Lipinski definition) is 0. The number of aryl methyl sites for hydroxylation is 2. The molecule has 17 heavy (non-hydrogen) atoms. The molecule has 0 N–H and O–H groups in total. The largest absolute Gasteiger partial charge is 0.0654 e. The second-order valence-corrected chi connectivity index (χ2v) is 4.98. The fourth-order valence-electron chi connectivity index (χ4n) is 2.55. The molecule has 0 spiro atoms. The van der Waals surface area contributed by atoms with E-state index in [2.05, 4.69) is 51.1 Å². The highest BCUT2D eigenvalue weighted by Crippen LogP contribution is 2.26. The Kier molecular flexibility index (Phi) is 3.83. The maximum atomic E-state index is 2.31. The van der Waals surface area contributed by atoms with Gasteiger partial charge in [-0.3, -0.25) is 0 Å². The molecule has 0 aliphatic heterocycles. The number of rotatable bonds is 4. The molecule has 2 aromatic rings. The van der Waals surface area contributed by atoms with Crippen LogP contribution in [0.25, 0.3) is 10.8 Å². The fraction of sp³-hybridized carbons (Fsp3) is 0.412. The second kappa shape index (κ2) is 5.35. The standard InChI is InChI=1S/C17H22/c1-4-5-6-10-16-14(3)13(2)12-15-9-7-8-11-17(15)16/h7-9,11-12H,4-6,10H2,1-3H3. The molecular formula is C17H22. The van der Waals surface area contributed by atoms with Crippen molar-refractivity contribution < 1.29 is 0 Å². The van der Waals surface area contributed by atoms with E-state index in [1.54, 1.807) is 5.56 Å². The molecule has 90 valence electrons. The van der Waals surface area contributed by atoms with E-state index in [9.17, 15) is 0 Å². The van der Waals surface area contributed by atoms with Crippen molar-refractivity contribution in [1.82, 2.24) is 0 Å². The lowest BCUT2D eigenvalue weighted by Gasteiger charge is -2.13. The summed E-state index contributed by atoms with van der Waals surface area (Å²) in [4.78, 5) is 0. The molecule has 0 saturated heterocycles. The fourth-order valence-corrected chi connectivity index (χ4v) is 2.55. The van der Waals surface area contributed by atoms with Crippen LogP contribution in [0.3, 0.4) is 0 Å². The van der Waals surface area contributed by atoms with Crippen LogP contribution >= 0.6 is 0 Å². The molecular weight excluding hydrogens is 204 g/mol. The summed E-state index contributed by atoms with van der Waals surface area (Å²) in [5.41, 5.74) is 4.48. The van der Waals surface area contributed by atoms with Gasteiger partial charge < -0.3 is 0 Å². The first kappa shape index (κ1) is 12.2. The Labute approximate surface area is 105 Å². The summed E-state index contributed by atoms with van der Waals surface area (Å²) in [5.74, 6) is 0. The van der Waals surface area contributed by atoms with Crippen molar-refractivity contribution in [3.05, 3.63) is 47.0 Å². The zero-order valence-electron chi connectivity index (χ0n) is 11.2. The van der Waals surface area contributed by atoms with Crippen molar-refractivity contribution in [3.8, 4) is 0 Å². The van der Waals surface area contributed by atoms with Crippen LogP contribution < -0.4 is 0 Å². The first-order valence-corrected chi connectivity index (χ1v) is 6.72. The van der Waals surface area contributed by atoms with Gasteiger partial charge in [0.2, 0.25) is 0 Å². The van der Waals surface area contributed by atoms with Crippen LogP contribution in [0.5, 0.6) is 0 Å². The molecule has 0 unspecified atom stereocenters. The molecule has 0 heterocycles. The minimum Gasteiger partial charge on any atom is -0.0654 e. The summed E-state index contributed by atoms with van der Waals surface area (Å²) >= 11 is 0. The van der Waals surface area contributed by atoms with E-state index < -0.39 is 0 Å². The molecule has 0 heteroatoms. The van der Waals surface area contributed by atoms with Crippen molar-refractivity contribution >= 4 is 10.8 Å². The van der Waals surface area contributed by atoms with Crippen molar-refractivity contribution in [2.24, 2.45) is 0 Å². The van der Waals surface area contributed by atoms with Crippen LogP contribution in [-0.2, 0) is 6.42 Å². The molecule has 2 rings (SSSR count). The Morgan fingerprint density at radius 3 is 2.53 bits per heavy atom. The summed E-state index contributed by atoms with van der Waals surface area (Å²) in [6, 6.07) is 11.1. The SMILES string of the molecule is CCCCCc1c(C)c(C)cc2ccccc12. The lowest BCUT2D eigenvalue weighted by Crippen LogP contribution is -1.95. The van der Waals surface area contributed by atoms with E-state index in [4.69, 9.17) is 0 Å². The van der Waals surface area contributed by atoms with Crippen LogP contribution in [0.2, 0.25) is 0 Å². The summed E-state index contributed by atoms with van der Waals surface area (Å²) in [7, 11) is 0. The quantitative estimate of drug-likeness (QED) is 0.629. The third-order valence-electron chi connectivity index (χ3n) is 3.73. The number of benzene rings is 2. The molecule has 0 nitrogen and oxygen atoms in total. The van der Waals surface area contributed by atoms with Gasteiger partial charge in [0.25, 0.3) is 0 Å². The number of fused-ring (bicyclic) bond motifs is 1. The first-order chi connectivity index (χ1) is 8.24. The summed E-state index contributed by atoms with van der Waals surface area (Å²) in [6.07, 6.45) is 5.16. The lowest BCUT2D eigenvalue weighted by atomic mass is 9.92. The highest BCUT2D eigenvalue weighted by molar-refractivity contribution is 5.87. The molecule has 0 aliphatic rings. The Hall–Kier alpha value is -1.30. The maximum absolute atomic E-state index is 2.31. The van der Waals surface area contributed by atoms with Crippen LogP contribution in [0, 0.1) is 13.8 Å². The average molecular weight is 226 g/mol. The van der Waals surface area contributed by atoms with E-state index in [0.717, 1.165) is 0 Å². The summed E-state index contributed by atoms with van der Waals surface area (Å²) < 4.78 is 0.